The molecule has 0 spiro atoms. The first-order valence-corrected chi connectivity index (χ1v) is 2.96. The maximum atomic E-state index is 12.6. The minimum atomic E-state index is -0.646. The summed E-state index contributed by atoms with van der Waals surface area (Å²) in [4.78, 5) is 0. The Morgan fingerprint density at radius 3 is 2.20 bits per heavy atom. The van der Waals surface area contributed by atoms with Crippen molar-refractivity contribution < 1.29 is 4.39 Å². The molecule has 10 heavy (non-hydrogen) atoms. The van der Waals surface area contributed by atoms with E-state index >= 15 is 0 Å². The molecule has 0 aliphatic carbocycles. The molecule has 0 atom stereocenters. The van der Waals surface area contributed by atoms with Crippen LogP contribution in [0.4, 0.5) is 4.39 Å². The van der Waals surface area contributed by atoms with Crippen LogP contribution < -0.4 is 0 Å². The van der Waals surface area contributed by atoms with E-state index in [9.17, 15) is 4.39 Å². The van der Waals surface area contributed by atoms with E-state index in [-0.39, 0.29) is 5.54 Å². The van der Waals surface area contributed by atoms with E-state index in [1.54, 1.807) is 0 Å². The Bertz CT molecular complexity index is 224. The van der Waals surface area contributed by atoms with E-state index in [2.05, 4.69) is 15.5 Å². The number of aromatic nitrogens is 4. The number of nitrogens with zero attached hydrogens (tertiary/aromatic N) is 4. The fourth-order valence-corrected chi connectivity index (χ4v) is 0.587. The first-order chi connectivity index (χ1) is 4.52. The van der Waals surface area contributed by atoms with Crippen molar-refractivity contribution in [2.45, 2.75) is 26.3 Å². The number of tetrazole rings is 1. The SMILES string of the molecule is CC(C)(C)n1nnnc1F. The molecule has 0 fully saturated rings. The number of halogens is 1. The van der Waals surface area contributed by atoms with E-state index < -0.39 is 6.08 Å². The van der Waals surface area contributed by atoms with Gasteiger partial charge < -0.3 is 0 Å². The van der Waals surface area contributed by atoms with Crippen LogP contribution in [0.1, 0.15) is 20.8 Å². The predicted molar refractivity (Wildman–Crippen MR) is 32.8 cm³/mol. The Labute approximate surface area is 58.0 Å². The number of rotatable bonds is 0. The minimum Gasteiger partial charge on any atom is -0.196 e. The lowest BCUT2D eigenvalue weighted by Crippen LogP contribution is -2.25. The second-order valence-corrected chi connectivity index (χ2v) is 3.03. The molecule has 1 rings (SSSR count). The van der Waals surface area contributed by atoms with Gasteiger partial charge in [0.25, 0.3) is 0 Å². The van der Waals surface area contributed by atoms with Crippen molar-refractivity contribution in [3.63, 3.8) is 0 Å². The highest BCUT2D eigenvalue weighted by atomic mass is 19.1. The Morgan fingerprint density at radius 1 is 1.40 bits per heavy atom. The van der Waals surface area contributed by atoms with Gasteiger partial charge in [-0.2, -0.15) is 9.07 Å². The molecule has 0 aromatic carbocycles. The molecule has 0 saturated carbocycles. The molecular weight excluding hydrogens is 135 g/mol. The smallest absolute Gasteiger partial charge is 0.196 e. The molecule has 0 unspecified atom stereocenters. The normalized spacial score (nSPS) is 12.0. The Morgan fingerprint density at radius 2 is 2.00 bits per heavy atom. The third kappa shape index (κ3) is 1.12. The van der Waals surface area contributed by atoms with Crippen LogP contribution in [0.25, 0.3) is 0 Å². The molecule has 1 aromatic heterocycles. The molecule has 1 heterocycles. The summed E-state index contributed by atoms with van der Waals surface area (Å²) in [6, 6.07) is 0. The van der Waals surface area contributed by atoms with Crippen LogP contribution in [0.3, 0.4) is 0 Å². The first-order valence-electron chi connectivity index (χ1n) is 2.96. The molecule has 5 heteroatoms. The Kier molecular flexibility index (Phi) is 1.42. The summed E-state index contributed by atoms with van der Waals surface area (Å²) in [6.07, 6.45) is -0.646. The third-order valence-electron chi connectivity index (χ3n) is 1.07. The molecular formula is C5H9FN4. The average Bonchev–Trinajstić information content (AvgIpc) is 2.11. The topological polar surface area (TPSA) is 43.6 Å². The fraction of sp³-hybridized carbons (Fsp3) is 0.800. The van der Waals surface area contributed by atoms with Crippen molar-refractivity contribution in [2.24, 2.45) is 0 Å². The average molecular weight is 144 g/mol. The zero-order valence-electron chi connectivity index (χ0n) is 6.17. The summed E-state index contributed by atoms with van der Waals surface area (Å²) >= 11 is 0. The summed E-state index contributed by atoms with van der Waals surface area (Å²) in [6.45, 7) is 5.48. The molecule has 0 aliphatic heterocycles. The van der Waals surface area contributed by atoms with Crippen LogP contribution in [0.5, 0.6) is 0 Å². The minimum absolute atomic E-state index is 0.381. The second-order valence-electron chi connectivity index (χ2n) is 3.03. The van der Waals surface area contributed by atoms with Crippen molar-refractivity contribution in [3.05, 3.63) is 6.08 Å². The van der Waals surface area contributed by atoms with Crippen LogP contribution in [0, 0.1) is 6.08 Å². The van der Waals surface area contributed by atoms with E-state index in [4.69, 9.17) is 0 Å². The summed E-state index contributed by atoms with van der Waals surface area (Å²) in [5.74, 6) is 0. The van der Waals surface area contributed by atoms with Crippen molar-refractivity contribution in [3.8, 4) is 0 Å². The van der Waals surface area contributed by atoms with Crippen LogP contribution >= 0.6 is 0 Å². The standard InChI is InChI=1S/C5H9FN4/c1-5(2,3)10-4(6)7-8-9-10/h1-3H3. The van der Waals surface area contributed by atoms with Gasteiger partial charge >= 0.3 is 6.08 Å². The van der Waals surface area contributed by atoms with E-state index in [0.29, 0.717) is 0 Å². The lowest BCUT2D eigenvalue weighted by Gasteiger charge is -2.16. The zero-order valence-corrected chi connectivity index (χ0v) is 6.17. The van der Waals surface area contributed by atoms with Crippen LogP contribution in [0.15, 0.2) is 0 Å². The van der Waals surface area contributed by atoms with Crippen LogP contribution in [-0.2, 0) is 5.54 Å². The van der Waals surface area contributed by atoms with E-state index in [0.717, 1.165) is 4.68 Å². The monoisotopic (exact) mass is 144 g/mol. The van der Waals surface area contributed by atoms with Gasteiger partial charge in [-0.15, -0.1) is 0 Å². The lowest BCUT2D eigenvalue weighted by atomic mass is 10.1. The molecule has 0 aliphatic rings. The molecule has 0 N–H and O–H groups in total. The van der Waals surface area contributed by atoms with Crippen molar-refractivity contribution >= 4 is 0 Å². The van der Waals surface area contributed by atoms with Crippen molar-refractivity contribution in [1.29, 1.82) is 0 Å². The second kappa shape index (κ2) is 2.00. The highest BCUT2D eigenvalue weighted by molar-refractivity contribution is 4.70. The molecule has 0 bridgehead atoms. The van der Waals surface area contributed by atoms with Gasteiger partial charge in [0.15, 0.2) is 0 Å². The van der Waals surface area contributed by atoms with Gasteiger partial charge in [-0.3, -0.25) is 0 Å². The molecule has 0 radical (unpaired) electrons. The molecule has 4 nitrogen and oxygen atoms in total. The maximum Gasteiger partial charge on any atom is 0.327 e. The summed E-state index contributed by atoms with van der Waals surface area (Å²) in [5, 5.41) is 9.76. The number of hydrogen-bond donors (Lipinski definition) is 0. The highest BCUT2D eigenvalue weighted by Gasteiger charge is 2.18. The highest BCUT2D eigenvalue weighted by Crippen LogP contribution is 2.11. The van der Waals surface area contributed by atoms with Gasteiger partial charge in [0.05, 0.1) is 5.54 Å². The summed E-state index contributed by atoms with van der Waals surface area (Å²) < 4.78 is 13.7. The molecule has 0 amide bonds. The first kappa shape index (κ1) is 7.11. The summed E-state index contributed by atoms with van der Waals surface area (Å²) in [7, 11) is 0. The Balaban J connectivity index is 3.05. The van der Waals surface area contributed by atoms with Gasteiger partial charge in [-0.25, -0.2) is 0 Å². The van der Waals surface area contributed by atoms with E-state index in [1.165, 1.54) is 0 Å². The van der Waals surface area contributed by atoms with Gasteiger partial charge in [0.1, 0.15) is 0 Å². The molecule has 56 valence electrons. The van der Waals surface area contributed by atoms with Crippen LogP contribution in [-0.4, -0.2) is 20.2 Å². The van der Waals surface area contributed by atoms with Gasteiger partial charge in [-0.05, 0) is 31.2 Å². The van der Waals surface area contributed by atoms with Crippen LogP contribution in [0.2, 0.25) is 0 Å². The lowest BCUT2D eigenvalue weighted by molar-refractivity contribution is 0.290. The van der Waals surface area contributed by atoms with Gasteiger partial charge in [0.2, 0.25) is 0 Å². The largest absolute Gasteiger partial charge is 0.327 e. The third-order valence-corrected chi connectivity index (χ3v) is 1.07. The van der Waals surface area contributed by atoms with Gasteiger partial charge in [-0.1, -0.05) is 5.10 Å². The molecule has 1 aromatic rings. The van der Waals surface area contributed by atoms with Crippen molar-refractivity contribution in [1.82, 2.24) is 20.2 Å². The maximum absolute atomic E-state index is 12.6. The van der Waals surface area contributed by atoms with Gasteiger partial charge in [0, 0.05) is 0 Å². The van der Waals surface area contributed by atoms with E-state index in [1.807, 2.05) is 20.8 Å². The summed E-state index contributed by atoms with van der Waals surface area (Å²) in [5.41, 5.74) is -0.381. The number of hydrogen-bond acceptors (Lipinski definition) is 3. The molecule has 0 saturated heterocycles. The predicted octanol–water partition coefficient (Wildman–Crippen LogP) is 0.567. The zero-order chi connectivity index (χ0) is 7.78. The quantitative estimate of drug-likeness (QED) is 0.534. The Hall–Kier alpha value is -1.00. The van der Waals surface area contributed by atoms with Crippen molar-refractivity contribution in [2.75, 3.05) is 0 Å². The fourth-order valence-electron chi connectivity index (χ4n) is 0.587.